The molecule has 2 aromatic rings. The van der Waals surface area contributed by atoms with Crippen molar-refractivity contribution in [3.8, 4) is 0 Å². The Kier molecular flexibility index (Phi) is 25.0. The summed E-state index contributed by atoms with van der Waals surface area (Å²) in [6, 6.07) is 12.0. The lowest BCUT2D eigenvalue weighted by Crippen LogP contribution is -2.71. The molecule has 0 radical (unpaired) electrons. The minimum absolute atomic E-state index is 0.0452. The van der Waals surface area contributed by atoms with E-state index in [9.17, 15) is 67.8 Å². The number of carbonyl (C=O) groups is 6. The highest BCUT2D eigenvalue weighted by Gasteiger charge is 2.71. The number of hydrazine groups is 1. The third-order valence-corrected chi connectivity index (χ3v) is 28.8. The van der Waals surface area contributed by atoms with Crippen molar-refractivity contribution in [1.29, 1.82) is 0 Å². The molecule has 0 bridgehead atoms. The van der Waals surface area contributed by atoms with Crippen LogP contribution < -0.4 is 21.2 Å². The van der Waals surface area contributed by atoms with Crippen molar-refractivity contribution in [2.24, 2.45) is 57.5 Å². The fourth-order valence-electron chi connectivity index (χ4n) is 19.8. The number of fused-ring (bicyclic) bond motifs is 7. The maximum atomic E-state index is 12.8. The number of hydrogen-bond donors (Lipinski definition) is 10. The van der Waals surface area contributed by atoms with E-state index in [0.29, 0.717) is 36.2 Å². The van der Waals surface area contributed by atoms with Gasteiger partial charge >= 0.3 is 23.9 Å². The Morgan fingerprint density at radius 1 is 0.734 bits per heavy atom. The van der Waals surface area contributed by atoms with Gasteiger partial charge in [-0.3, -0.25) is 19.8 Å². The average Bonchev–Trinajstić information content (AvgIpc) is 1.61. The van der Waals surface area contributed by atoms with Crippen LogP contribution >= 0.6 is 11.8 Å². The van der Waals surface area contributed by atoms with E-state index in [1.807, 2.05) is 45.7 Å². The molecule has 6 saturated heterocycles. The summed E-state index contributed by atoms with van der Waals surface area (Å²) in [5, 5.41) is 71.0. The standard InChI is InChI=1S/C41H64O14.C22H29N3O6S.C15H21N3O3S/c1-19-36(47)28(42)15-34(50-19)54-38-21(3)52-35(17-30(38)44)55-37-20(2)51-33(16-29(37)43)53-24-8-10-39(4)23(13-24)6-7-26-27(39)14-31(45)40(5)25(9-11-41(26,40)48)22-12-32(46)49-18-22;1-21(2,3)20(29)31-11-30-19(28)15-22(4,5)32-18-14(17(27)25(15)18)24-16(26)13(23)12-9-7-6-8-10-12;1-11-5-7-14(8-6-11)22(20,21)17-15(19)16-18-9-12-3-2-4-13(12)10-18/h12,19-21,23-31,33-38,42-45,47-48H,6-11,13-18H2,1-5H3;6-10,13-15,18H,11,23H2,1-5H3,(H,24,26);5-8,12-13H,2-4,9-10H2,1H3,(H2,16,17,19)/t19-,20-,21-,23-,24+,25-,26-,27+,28+,29+,30+,31-,33+,34+,35+,36-,37-,38-,39+,40+,41+;13-,14-,15+,18-;/m11./s1. The molecule has 12 aliphatic rings. The monoisotopic (exact) mass is 1570 g/mol. The van der Waals surface area contributed by atoms with Crippen LogP contribution in [0.2, 0.25) is 0 Å². The number of urea groups is 1. The Labute approximate surface area is 642 Å². The lowest BCUT2D eigenvalue weighted by molar-refractivity contribution is -0.336. The highest BCUT2D eigenvalue weighted by atomic mass is 32.2. The van der Waals surface area contributed by atoms with Crippen LogP contribution in [-0.4, -0.2) is 225 Å². The molecule has 14 rings (SSSR count). The number of benzene rings is 2. The minimum Gasteiger partial charge on any atom is -0.458 e. The molecule has 29 nitrogen and oxygen atoms in total. The zero-order valence-corrected chi connectivity index (χ0v) is 65.9. The van der Waals surface area contributed by atoms with Crippen molar-refractivity contribution >= 4 is 57.5 Å². The number of esters is 3. The quantitative estimate of drug-likeness (QED) is 0.0448. The van der Waals surface area contributed by atoms with E-state index in [4.69, 9.17) is 48.4 Å². The second-order valence-electron chi connectivity index (χ2n) is 34.4. The summed E-state index contributed by atoms with van der Waals surface area (Å²) >= 11 is 1.40. The van der Waals surface area contributed by atoms with Gasteiger partial charge in [0.05, 0.1) is 64.7 Å². The van der Waals surface area contributed by atoms with E-state index in [0.717, 1.165) is 62.8 Å². The van der Waals surface area contributed by atoms with Crippen molar-refractivity contribution in [2.45, 2.75) is 291 Å². The summed E-state index contributed by atoms with van der Waals surface area (Å²) in [5.74, 6) is -0.534. The summed E-state index contributed by atoms with van der Waals surface area (Å²) in [5.41, 5.74) is 8.66. The van der Waals surface area contributed by atoms with E-state index in [1.165, 1.54) is 48.1 Å². The van der Waals surface area contributed by atoms with Gasteiger partial charge in [-0.25, -0.2) is 32.5 Å². The first-order valence-electron chi connectivity index (χ1n) is 38.8. The second-order valence-corrected chi connectivity index (χ2v) is 37.9. The fraction of sp³-hybridized carbons (Fsp3) is 0.744. The van der Waals surface area contributed by atoms with Gasteiger partial charge < -0.3 is 89.2 Å². The van der Waals surface area contributed by atoms with E-state index in [1.54, 1.807) is 77.1 Å². The van der Waals surface area contributed by atoms with Gasteiger partial charge in [-0.05, 0) is 191 Å². The lowest BCUT2D eigenvalue weighted by Gasteiger charge is -2.65. The molecule has 5 aliphatic carbocycles. The van der Waals surface area contributed by atoms with Crippen LogP contribution in [0.5, 0.6) is 0 Å². The molecule has 4 amide bonds. The molecular formula is C78H114N6O23S2. The molecule has 2 unspecified atom stereocenters. The van der Waals surface area contributed by atoms with Crippen molar-refractivity contribution < 1.29 is 110 Å². The zero-order chi connectivity index (χ0) is 78.8. The van der Waals surface area contributed by atoms with Gasteiger partial charge in [-0.2, -0.15) is 0 Å². The molecule has 109 heavy (non-hydrogen) atoms. The van der Waals surface area contributed by atoms with Crippen molar-refractivity contribution in [1.82, 2.24) is 25.4 Å². The molecule has 0 spiro atoms. The van der Waals surface area contributed by atoms with E-state index >= 15 is 0 Å². The van der Waals surface area contributed by atoms with Gasteiger partial charge in [0.1, 0.15) is 48.4 Å². The summed E-state index contributed by atoms with van der Waals surface area (Å²) in [7, 11) is -3.83. The number of sulfonamides is 1. The van der Waals surface area contributed by atoms with Gasteiger partial charge in [-0.15, -0.1) is 11.8 Å². The number of hydrogen-bond acceptors (Lipinski definition) is 26. The summed E-state index contributed by atoms with van der Waals surface area (Å²) in [6.45, 7) is 21.6. The normalized spacial score (nSPS) is 40.3. The number of thioether (sulfide) groups is 1. The number of cyclic esters (lactones) is 1. The Morgan fingerprint density at radius 2 is 1.34 bits per heavy atom. The number of carbonyl (C=O) groups excluding carboxylic acids is 6. The van der Waals surface area contributed by atoms with Crippen LogP contribution in [0.15, 0.2) is 71.1 Å². The summed E-state index contributed by atoms with van der Waals surface area (Å²) < 4.78 is 77.9. The molecule has 5 saturated carbocycles. The highest BCUT2D eigenvalue weighted by Crippen LogP contribution is 2.70. The first kappa shape index (κ1) is 83.0. The molecule has 11 fully saturated rings. The first-order valence-corrected chi connectivity index (χ1v) is 41.2. The van der Waals surface area contributed by atoms with Gasteiger partial charge in [0, 0.05) is 48.6 Å². The molecule has 11 N–H and O–H groups in total. The number of nitrogens with zero attached hydrogens (tertiary/aromatic N) is 2. The van der Waals surface area contributed by atoms with Crippen LogP contribution in [0.25, 0.3) is 0 Å². The van der Waals surface area contributed by atoms with Crippen LogP contribution in [0.4, 0.5) is 4.79 Å². The number of β-lactam (4-membered cyclic amide) rings is 1. The average molecular weight is 1570 g/mol. The third-order valence-electron chi connectivity index (χ3n) is 25.9. The number of ether oxygens (including phenoxy) is 9. The summed E-state index contributed by atoms with van der Waals surface area (Å²) in [4.78, 5) is 75.4. The largest absolute Gasteiger partial charge is 0.458 e. The number of nitrogens with one attached hydrogen (secondary N) is 3. The van der Waals surface area contributed by atoms with Crippen molar-refractivity contribution in [2.75, 3.05) is 26.5 Å². The number of aryl methyl sites for hydroxylation is 1. The molecule has 7 heterocycles. The van der Waals surface area contributed by atoms with Crippen molar-refractivity contribution in [3.05, 3.63) is 77.4 Å². The Hall–Kier alpha value is -5.46. The van der Waals surface area contributed by atoms with Crippen molar-refractivity contribution in [3.63, 3.8) is 0 Å². The topological polar surface area (TPSA) is 410 Å². The number of nitrogens with two attached hydrogens (primary N) is 1. The third kappa shape index (κ3) is 17.2. The maximum Gasteiger partial charge on any atom is 0.343 e. The number of aliphatic hydroxyl groups is 6. The van der Waals surface area contributed by atoms with Gasteiger partial charge in [0.2, 0.25) is 18.6 Å². The van der Waals surface area contributed by atoms with Crippen LogP contribution in [0, 0.1) is 58.7 Å². The SMILES string of the molecule is CC(C)(C)C(=O)OCOC(=O)[C@@H]1N2C(=O)[C@@H](NC(=O)[C@H](N)c3ccccc3)[C@H]2SC1(C)C.C[C@H]1O[C@@H](O[C@H]2[C@@H](O)C[C@H](O[C@H]3[C@@H](O)C[C@H](O[C@H]4CC[C@@]5(C)[C@H](CC[C@@H]6[C@@H]5C[C@@H](O)[C@]5(C)[C@@H](C7=CC(=O)OC7)CC[C@]65O)C4)O[C@@H]3C)O[C@@H]2C)C[C@H](O)[C@@H]1O.Cc1ccc(S(=O)(=O)NC(=O)NN2CC3CCCC3C2)cc1. The lowest BCUT2D eigenvalue weighted by atomic mass is 9.42. The van der Waals surface area contributed by atoms with E-state index in [-0.39, 0.29) is 71.9 Å². The van der Waals surface area contributed by atoms with Gasteiger partial charge in [0.15, 0.2) is 18.9 Å². The second kappa shape index (κ2) is 32.8. The summed E-state index contributed by atoms with van der Waals surface area (Å²) in [6.07, 6.45) is 2.15. The fourth-order valence-corrected chi connectivity index (χ4v) is 22.3. The van der Waals surface area contributed by atoms with E-state index < -0.39 is 165 Å². The van der Waals surface area contributed by atoms with E-state index in [2.05, 4.69) is 22.4 Å². The smallest absolute Gasteiger partial charge is 0.343 e. The Balaban J connectivity index is 0.000000172. The Morgan fingerprint density at radius 3 is 1.93 bits per heavy atom. The molecule has 27 atom stereocenters. The van der Waals surface area contributed by atoms with Crippen LogP contribution in [0.1, 0.15) is 176 Å². The van der Waals surface area contributed by atoms with Gasteiger partial charge in [-0.1, -0.05) is 68.3 Å². The van der Waals surface area contributed by atoms with Crippen LogP contribution in [0.3, 0.4) is 0 Å². The molecule has 0 aromatic heterocycles. The first-order chi connectivity index (χ1) is 51.3. The Bertz CT molecular complexity index is 3710. The van der Waals surface area contributed by atoms with Crippen LogP contribution in [-0.2, 0) is 76.6 Å². The number of amides is 4. The predicted molar refractivity (Wildman–Crippen MR) is 393 cm³/mol. The molecular weight excluding hydrogens is 1450 g/mol. The molecule has 7 aliphatic heterocycles. The van der Waals surface area contributed by atoms with Gasteiger partial charge in [0.25, 0.3) is 10.0 Å². The molecule has 606 valence electrons. The molecule has 2 aromatic carbocycles. The molecule has 31 heteroatoms. The zero-order valence-electron chi connectivity index (χ0n) is 64.3. The maximum absolute atomic E-state index is 12.8. The minimum atomic E-state index is -3.83. The highest BCUT2D eigenvalue weighted by molar-refractivity contribution is 8.01. The number of aliphatic hydroxyl groups excluding tert-OH is 5. The number of rotatable bonds is 16. The predicted octanol–water partition coefficient (Wildman–Crippen LogP) is 5.17.